The third kappa shape index (κ3) is 5.69. The number of rotatable bonds is 8. The quantitative estimate of drug-likeness (QED) is 0.542. The summed E-state index contributed by atoms with van der Waals surface area (Å²) in [4.78, 5) is 25.1. The summed E-state index contributed by atoms with van der Waals surface area (Å²) in [7, 11) is 1.33. The largest absolute Gasteiger partial charge is 0.484 e. The molecule has 1 aromatic rings. The maximum Gasteiger partial charge on any atom is 0.310 e. The highest BCUT2D eigenvalue weighted by molar-refractivity contribution is 5.79. The number of carbonyl (C=O) groups is 2. The van der Waals surface area contributed by atoms with Crippen LogP contribution in [0.3, 0.4) is 0 Å². The summed E-state index contributed by atoms with van der Waals surface area (Å²) >= 11 is 0. The number of carbonyl (C=O) groups excluding carboxylic acids is 2. The number of methoxy groups -OCH3 is 1. The first-order valence-electron chi connectivity index (χ1n) is 6.72. The third-order valence-corrected chi connectivity index (χ3v) is 2.91. The van der Waals surface area contributed by atoms with Crippen LogP contribution in [0.15, 0.2) is 43.0 Å². The number of nitrogens with zero attached hydrogens (tertiary/aromatic N) is 1. The van der Waals surface area contributed by atoms with E-state index in [9.17, 15) is 9.59 Å². The lowest BCUT2D eigenvalue weighted by Gasteiger charge is -2.23. The first-order chi connectivity index (χ1) is 10.1. The summed E-state index contributed by atoms with van der Waals surface area (Å²) in [5.41, 5.74) is 0. The van der Waals surface area contributed by atoms with E-state index in [4.69, 9.17) is 4.74 Å². The SMILES string of the molecule is C=CCN(CC(C)C(=O)OC)C(=O)COc1ccccc1. The molecule has 5 heteroatoms. The van der Waals surface area contributed by atoms with Crippen molar-refractivity contribution in [2.75, 3.05) is 26.8 Å². The molecule has 0 aromatic heterocycles. The molecule has 1 aromatic carbocycles. The number of esters is 1. The van der Waals surface area contributed by atoms with Gasteiger partial charge in [-0.3, -0.25) is 9.59 Å². The Morgan fingerprint density at radius 1 is 1.33 bits per heavy atom. The third-order valence-electron chi connectivity index (χ3n) is 2.91. The van der Waals surface area contributed by atoms with Gasteiger partial charge in [-0.15, -0.1) is 6.58 Å². The molecule has 0 saturated heterocycles. The molecule has 0 fully saturated rings. The van der Waals surface area contributed by atoms with Crippen LogP contribution >= 0.6 is 0 Å². The Hall–Kier alpha value is -2.30. The summed E-state index contributed by atoms with van der Waals surface area (Å²) < 4.78 is 10.1. The van der Waals surface area contributed by atoms with Gasteiger partial charge < -0.3 is 14.4 Å². The van der Waals surface area contributed by atoms with Crippen LogP contribution < -0.4 is 4.74 Å². The van der Waals surface area contributed by atoms with E-state index < -0.39 is 5.92 Å². The number of hydrogen-bond donors (Lipinski definition) is 0. The first-order valence-corrected chi connectivity index (χ1v) is 6.72. The predicted molar refractivity (Wildman–Crippen MR) is 79.9 cm³/mol. The lowest BCUT2D eigenvalue weighted by molar-refractivity contribution is -0.146. The van der Waals surface area contributed by atoms with Crippen molar-refractivity contribution in [2.45, 2.75) is 6.92 Å². The molecule has 0 heterocycles. The lowest BCUT2D eigenvalue weighted by Crippen LogP contribution is -2.40. The van der Waals surface area contributed by atoms with Crippen LogP contribution in [0.2, 0.25) is 0 Å². The predicted octanol–water partition coefficient (Wildman–Crippen LogP) is 1.89. The number of amides is 1. The van der Waals surface area contributed by atoms with Crippen LogP contribution in [-0.4, -0.2) is 43.6 Å². The summed E-state index contributed by atoms with van der Waals surface area (Å²) in [6, 6.07) is 9.10. The zero-order valence-corrected chi connectivity index (χ0v) is 12.5. The molecular weight excluding hydrogens is 270 g/mol. The van der Waals surface area contributed by atoms with Crippen molar-refractivity contribution in [3.63, 3.8) is 0 Å². The second-order valence-corrected chi connectivity index (χ2v) is 4.61. The van der Waals surface area contributed by atoms with Gasteiger partial charge in [-0.05, 0) is 12.1 Å². The smallest absolute Gasteiger partial charge is 0.310 e. The molecule has 0 bridgehead atoms. The van der Waals surface area contributed by atoms with Crippen LogP contribution in [0.25, 0.3) is 0 Å². The van der Waals surface area contributed by atoms with Gasteiger partial charge in [-0.1, -0.05) is 31.2 Å². The second-order valence-electron chi connectivity index (χ2n) is 4.61. The molecule has 0 aliphatic heterocycles. The Balaban J connectivity index is 2.56. The molecular formula is C16H21NO4. The summed E-state index contributed by atoms with van der Waals surface area (Å²) in [5.74, 6) is -0.309. The highest BCUT2D eigenvalue weighted by Gasteiger charge is 2.21. The van der Waals surface area contributed by atoms with Crippen molar-refractivity contribution in [3.8, 4) is 5.75 Å². The van der Waals surface area contributed by atoms with Gasteiger partial charge in [0.25, 0.3) is 5.91 Å². The Labute approximate surface area is 125 Å². The number of benzene rings is 1. The lowest BCUT2D eigenvalue weighted by atomic mass is 10.1. The van der Waals surface area contributed by atoms with Gasteiger partial charge in [-0.25, -0.2) is 0 Å². The van der Waals surface area contributed by atoms with Crippen molar-refractivity contribution >= 4 is 11.9 Å². The van der Waals surface area contributed by atoms with Crippen molar-refractivity contribution in [2.24, 2.45) is 5.92 Å². The molecule has 21 heavy (non-hydrogen) atoms. The van der Waals surface area contributed by atoms with Gasteiger partial charge in [-0.2, -0.15) is 0 Å². The zero-order chi connectivity index (χ0) is 15.7. The minimum atomic E-state index is -0.393. The molecule has 1 rings (SSSR count). The molecule has 5 nitrogen and oxygen atoms in total. The Morgan fingerprint density at radius 2 is 2.00 bits per heavy atom. The van der Waals surface area contributed by atoms with E-state index in [2.05, 4.69) is 11.3 Å². The molecule has 0 aliphatic rings. The standard InChI is InChI=1S/C16H21NO4/c1-4-10-17(11-13(2)16(19)20-3)15(18)12-21-14-8-6-5-7-9-14/h4-9,13H,1,10-12H2,2-3H3. The van der Waals surface area contributed by atoms with E-state index in [0.29, 0.717) is 12.3 Å². The van der Waals surface area contributed by atoms with E-state index >= 15 is 0 Å². The van der Waals surface area contributed by atoms with E-state index in [-0.39, 0.29) is 25.0 Å². The van der Waals surface area contributed by atoms with Crippen molar-refractivity contribution in [1.29, 1.82) is 0 Å². The van der Waals surface area contributed by atoms with E-state index in [0.717, 1.165) is 0 Å². The summed E-state index contributed by atoms with van der Waals surface area (Å²) in [6.07, 6.45) is 1.62. The fraction of sp³-hybridized carbons (Fsp3) is 0.375. The van der Waals surface area contributed by atoms with Crippen LogP contribution in [0.5, 0.6) is 5.75 Å². The highest BCUT2D eigenvalue weighted by atomic mass is 16.5. The van der Waals surface area contributed by atoms with E-state index in [1.165, 1.54) is 12.0 Å². The Kier molecular flexibility index (Phi) is 7.01. The van der Waals surface area contributed by atoms with Gasteiger partial charge in [0, 0.05) is 13.1 Å². The average molecular weight is 291 g/mol. The van der Waals surface area contributed by atoms with Crippen molar-refractivity contribution in [3.05, 3.63) is 43.0 Å². The molecule has 0 N–H and O–H groups in total. The van der Waals surface area contributed by atoms with Gasteiger partial charge in [0.1, 0.15) is 5.75 Å². The Bertz CT molecular complexity index is 472. The maximum atomic E-state index is 12.2. The van der Waals surface area contributed by atoms with Gasteiger partial charge in [0.15, 0.2) is 6.61 Å². The summed E-state index contributed by atoms with van der Waals surface area (Å²) in [5, 5.41) is 0. The van der Waals surface area contributed by atoms with E-state index in [1.807, 2.05) is 18.2 Å². The minimum Gasteiger partial charge on any atom is -0.484 e. The maximum absolute atomic E-state index is 12.2. The van der Waals surface area contributed by atoms with Crippen molar-refractivity contribution in [1.82, 2.24) is 4.90 Å². The molecule has 1 unspecified atom stereocenters. The fourth-order valence-corrected chi connectivity index (χ4v) is 1.79. The number of ether oxygens (including phenoxy) is 2. The summed E-state index contributed by atoms with van der Waals surface area (Å²) in [6.45, 7) is 5.89. The van der Waals surface area contributed by atoms with Gasteiger partial charge >= 0.3 is 5.97 Å². The second kappa shape index (κ2) is 8.79. The molecule has 0 radical (unpaired) electrons. The van der Waals surface area contributed by atoms with Gasteiger partial charge in [0.05, 0.1) is 13.0 Å². The number of para-hydroxylation sites is 1. The molecule has 1 atom stereocenters. The normalized spacial score (nSPS) is 11.3. The minimum absolute atomic E-state index is 0.0776. The Morgan fingerprint density at radius 3 is 2.57 bits per heavy atom. The number of hydrogen-bond acceptors (Lipinski definition) is 4. The highest BCUT2D eigenvalue weighted by Crippen LogP contribution is 2.09. The zero-order valence-electron chi connectivity index (χ0n) is 12.5. The monoisotopic (exact) mass is 291 g/mol. The molecule has 0 saturated carbocycles. The van der Waals surface area contributed by atoms with E-state index in [1.54, 1.807) is 25.1 Å². The fourth-order valence-electron chi connectivity index (χ4n) is 1.79. The average Bonchev–Trinajstić information content (AvgIpc) is 2.52. The molecule has 0 aliphatic carbocycles. The van der Waals surface area contributed by atoms with Crippen molar-refractivity contribution < 1.29 is 19.1 Å². The van der Waals surface area contributed by atoms with Crippen LogP contribution in [0.4, 0.5) is 0 Å². The van der Waals surface area contributed by atoms with Gasteiger partial charge in [0.2, 0.25) is 0 Å². The van der Waals surface area contributed by atoms with Crippen LogP contribution in [0.1, 0.15) is 6.92 Å². The molecule has 114 valence electrons. The molecule has 1 amide bonds. The van der Waals surface area contributed by atoms with Crippen LogP contribution in [0, 0.1) is 5.92 Å². The van der Waals surface area contributed by atoms with Crippen LogP contribution in [-0.2, 0) is 14.3 Å². The topological polar surface area (TPSA) is 55.8 Å². The molecule has 0 spiro atoms. The first kappa shape index (κ1) is 16.8.